The summed E-state index contributed by atoms with van der Waals surface area (Å²) < 4.78 is 2.67. The highest BCUT2D eigenvalue weighted by Crippen LogP contribution is 2.11. The van der Waals surface area contributed by atoms with Crippen molar-refractivity contribution in [1.82, 2.24) is 20.4 Å². The van der Waals surface area contributed by atoms with Gasteiger partial charge in [0.15, 0.2) is 0 Å². The first-order valence-electron chi connectivity index (χ1n) is 7.01. The molecule has 1 N–H and O–H groups in total. The van der Waals surface area contributed by atoms with Gasteiger partial charge < -0.3 is 0 Å². The Morgan fingerprint density at radius 1 is 1.22 bits per heavy atom. The molecule has 0 aliphatic rings. The van der Waals surface area contributed by atoms with Crippen molar-refractivity contribution >= 4 is 38.6 Å². The normalized spacial score (nSPS) is 11.7. The van der Waals surface area contributed by atoms with Gasteiger partial charge in [0.25, 0.3) is 5.91 Å². The SMILES string of the molecule is C/C(Cn1nnc2ccccc21)=N/NC(=O)c1ccc(Br)cc1. The summed E-state index contributed by atoms with van der Waals surface area (Å²) in [5, 5.41) is 12.3. The molecule has 1 amide bonds. The minimum atomic E-state index is -0.250. The highest BCUT2D eigenvalue weighted by atomic mass is 79.9. The maximum Gasteiger partial charge on any atom is 0.271 e. The summed E-state index contributed by atoms with van der Waals surface area (Å²) in [5.41, 5.74) is 5.59. The van der Waals surface area contributed by atoms with Gasteiger partial charge in [-0.25, -0.2) is 10.1 Å². The number of halogens is 1. The number of hydrogen-bond donors (Lipinski definition) is 1. The monoisotopic (exact) mass is 371 g/mol. The third-order valence-corrected chi connectivity index (χ3v) is 3.78. The molecule has 0 aliphatic carbocycles. The highest BCUT2D eigenvalue weighted by Gasteiger charge is 2.06. The number of nitrogens with zero attached hydrogens (tertiary/aromatic N) is 4. The summed E-state index contributed by atoms with van der Waals surface area (Å²) in [5.74, 6) is -0.250. The molecule has 0 aliphatic heterocycles. The summed E-state index contributed by atoms with van der Waals surface area (Å²) >= 11 is 3.33. The van der Waals surface area contributed by atoms with Crippen LogP contribution >= 0.6 is 15.9 Å². The first kappa shape index (κ1) is 15.4. The van der Waals surface area contributed by atoms with Crippen molar-refractivity contribution in [2.24, 2.45) is 5.10 Å². The quantitative estimate of drug-likeness (QED) is 0.565. The number of carbonyl (C=O) groups excluding carboxylic acids is 1. The van der Waals surface area contributed by atoms with Gasteiger partial charge in [-0.1, -0.05) is 33.3 Å². The number of aromatic nitrogens is 3. The van der Waals surface area contributed by atoms with E-state index in [1.165, 1.54) is 0 Å². The molecule has 3 aromatic rings. The Kier molecular flexibility index (Phi) is 4.47. The number of rotatable bonds is 4. The Balaban J connectivity index is 1.68. The molecule has 3 rings (SSSR count). The van der Waals surface area contributed by atoms with Gasteiger partial charge in [0.05, 0.1) is 17.8 Å². The molecule has 6 nitrogen and oxygen atoms in total. The van der Waals surface area contributed by atoms with Crippen molar-refractivity contribution in [2.75, 3.05) is 0 Å². The van der Waals surface area contributed by atoms with Crippen molar-refractivity contribution < 1.29 is 4.79 Å². The van der Waals surface area contributed by atoms with E-state index in [4.69, 9.17) is 0 Å². The number of carbonyl (C=O) groups is 1. The third-order valence-electron chi connectivity index (χ3n) is 3.25. The van der Waals surface area contributed by atoms with Crippen LogP contribution in [0.3, 0.4) is 0 Å². The van der Waals surface area contributed by atoms with Gasteiger partial charge in [0.1, 0.15) is 5.52 Å². The number of amides is 1. The van der Waals surface area contributed by atoms with Crippen LogP contribution in [-0.4, -0.2) is 26.6 Å². The van der Waals surface area contributed by atoms with Crippen LogP contribution in [0.2, 0.25) is 0 Å². The van der Waals surface area contributed by atoms with E-state index in [-0.39, 0.29) is 5.91 Å². The van der Waals surface area contributed by atoms with Crippen LogP contribution in [0.5, 0.6) is 0 Å². The number of benzene rings is 2. The van der Waals surface area contributed by atoms with Gasteiger partial charge in [-0.15, -0.1) is 5.10 Å². The number of hydrazone groups is 1. The summed E-state index contributed by atoms with van der Waals surface area (Å²) in [6.07, 6.45) is 0. The molecular formula is C16H14BrN5O. The minimum Gasteiger partial charge on any atom is -0.267 e. The molecule has 0 bridgehead atoms. The minimum absolute atomic E-state index is 0.250. The van der Waals surface area contributed by atoms with Gasteiger partial charge >= 0.3 is 0 Å². The fourth-order valence-corrected chi connectivity index (χ4v) is 2.36. The predicted molar refractivity (Wildman–Crippen MR) is 92.2 cm³/mol. The molecule has 116 valence electrons. The molecule has 0 radical (unpaired) electrons. The largest absolute Gasteiger partial charge is 0.271 e. The second-order valence-corrected chi connectivity index (χ2v) is 5.95. The molecule has 0 saturated heterocycles. The average molecular weight is 372 g/mol. The van der Waals surface area contributed by atoms with E-state index in [0.717, 1.165) is 21.2 Å². The Bertz CT molecular complexity index is 870. The lowest BCUT2D eigenvalue weighted by Crippen LogP contribution is -2.20. The second-order valence-electron chi connectivity index (χ2n) is 5.03. The average Bonchev–Trinajstić information content (AvgIpc) is 2.96. The van der Waals surface area contributed by atoms with Crippen molar-refractivity contribution in [3.63, 3.8) is 0 Å². The van der Waals surface area contributed by atoms with E-state index < -0.39 is 0 Å². The zero-order chi connectivity index (χ0) is 16.2. The van der Waals surface area contributed by atoms with E-state index in [1.807, 2.05) is 43.3 Å². The van der Waals surface area contributed by atoms with Gasteiger partial charge in [-0.3, -0.25) is 4.79 Å². The lowest BCUT2D eigenvalue weighted by molar-refractivity contribution is 0.0954. The van der Waals surface area contributed by atoms with Gasteiger partial charge in [-0.2, -0.15) is 5.10 Å². The zero-order valence-corrected chi connectivity index (χ0v) is 14.0. The van der Waals surface area contributed by atoms with Gasteiger partial charge in [0, 0.05) is 10.0 Å². The van der Waals surface area contributed by atoms with Crippen LogP contribution in [0.25, 0.3) is 11.0 Å². The lowest BCUT2D eigenvalue weighted by Gasteiger charge is -2.04. The molecule has 0 unspecified atom stereocenters. The van der Waals surface area contributed by atoms with E-state index in [9.17, 15) is 4.79 Å². The number of para-hydroxylation sites is 1. The maximum atomic E-state index is 12.0. The third kappa shape index (κ3) is 3.62. The Morgan fingerprint density at radius 3 is 2.74 bits per heavy atom. The summed E-state index contributed by atoms with van der Waals surface area (Å²) in [4.78, 5) is 12.0. The van der Waals surface area contributed by atoms with Crippen LogP contribution in [-0.2, 0) is 6.54 Å². The first-order chi connectivity index (χ1) is 11.1. The lowest BCUT2D eigenvalue weighted by atomic mass is 10.2. The Morgan fingerprint density at radius 2 is 1.96 bits per heavy atom. The molecule has 2 aromatic carbocycles. The first-order valence-corrected chi connectivity index (χ1v) is 7.80. The smallest absolute Gasteiger partial charge is 0.267 e. The number of fused-ring (bicyclic) bond motifs is 1. The topological polar surface area (TPSA) is 72.2 Å². The van der Waals surface area contributed by atoms with Crippen molar-refractivity contribution in [3.05, 3.63) is 58.6 Å². The summed E-state index contributed by atoms with van der Waals surface area (Å²) in [6.45, 7) is 2.29. The van der Waals surface area contributed by atoms with E-state index >= 15 is 0 Å². The molecular weight excluding hydrogens is 358 g/mol. The summed E-state index contributed by atoms with van der Waals surface area (Å²) in [7, 11) is 0. The molecule has 0 fully saturated rings. The molecule has 0 atom stereocenters. The van der Waals surface area contributed by atoms with Crippen molar-refractivity contribution in [2.45, 2.75) is 13.5 Å². The Hall–Kier alpha value is -2.54. The highest BCUT2D eigenvalue weighted by molar-refractivity contribution is 9.10. The van der Waals surface area contributed by atoms with Gasteiger partial charge in [-0.05, 0) is 43.3 Å². The van der Waals surface area contributed by atoms with Crippen LogP contribution in [0.15, 0.2) is 58.1 Å². The molecule has 23 heavy (non-hydrogen) atoms. The van der Waals surface area contributed by atoms with Crippen LogP contribution in [0.1, 0.15) is 17.3 Å². The molecule has 7 heteroatoms. The Labute approximate surface area is 141 Å². The molecule has 1 aromatic heterocycles. The van der Waals surface area contributed by atoms with Crippen LogP contribution < -0.4 is 5.43 Å². The fourth-order valence-electron chi connectivity index (χ4n) is 2.10. The summed E-state index contributed by atoms with van der Waals surface area (Å²) in [6, 6.07) is 14.8. The fraction of sp³-hybridized carbons (Fsp3) is 0.125. The van der Waals surface area contributed by atoms with Crippen LogP contribution in [0, 0.1) is 0 Å². The predicted octanol–water partition coefficient (Wildman–Crippen LogP) is 3.00. The zero-order valence-electron chi connectivity index (χ0n) is 12.4. The number of nitrogens with one attached hydrogen (secondary N) is 1. The molecule has 0 saturated carbocycles. The molecule has 0 spiro atoms. The van der Waals surface area contributed by atoms with E-state index in [0.29, 0.717) is 12.1 Å². The maximum absolute atomic E-state index is 12.0. The van der Waals surface area contributed by atoms with E-state index in [1.54, 1.807) is 16.8 Å². The van der Waals surface area contributed by atoms with Crippen molar-refractivity contribution in [3.8, 4) is 0 Å². The van der Waals surface area contributed by atoms with Crippen molar-refractivity contribution in [1.29, 1.82) is 0 Å². The molecule has 1 heterocycles. The number of hydrogen-bond acceptors (Lipinski definition) is 4. The van der Waals surface area contributed by atoms with E-state index in [2.05, 4.69) is 36.8 Å². The standard InChI is InChI=1S/C16H14BrN5O/c1-11(10-22-15-5-3-2-4-14(15)19-21-22)18-20-16(23)12-6-8-13(17)9-7-12/h2-9H,10H2,1H3,(H,20,23)/b18-11-. The van der Waals surface area contributed by atoms with Crippen LogP contribution in [0.4, 0.5) is 0 Å². The van der Waals surface area contributed by atoms with Gasteiger partial charge in [0.2, 0.25) is 0 Å². The second kappa shape index (κ2) is 6.70.